The van der Waals surface area contributed by atoms with Gasteiger partial charge in [-0.25, -0.2) is 0 Å². The molecule has 1 aliphatic rings. The molecule has 6 heteroatoms. The summed E-state index contributed by atoms with van der Waals surface area (Å²) in [6, 6.07) is 3.22. The number of hydrogen-bond donors (Lipinski definition) is 1. The summed E-state index contributed by atoms with van der Waals surface area (Å²) >= 11 is 5.99. The Hall–Kier alpha value is -0.970. The van der Waals surface area contributed by atoms with E-state index in [9.17, 15) is 4.79 Å². The molecule has 4 nitrogen and oxygen atoms in total. The fourth-order valence-corrected chi connectivity index (χ4v) is 2.88. The third-order valence-corrected chi connectivity index (χ3v) is 4.27. The molecule has 124 valence electrons. The maximum Gasteiger partial charge on any atom is 0.166 e. The number of ketones is 1. The number of halogens is 2. The third kappa shape index (κ3) is 5.04. The highest BCUT2D eigenvalue weighted by Crippen LogP contribution is 2.30. The van der Waals surface area contributed by atoms with Crippen molar-refractivity contribution in [2.24, 2.45) is 0 Å². The summed E-state index contributed by atoms with van der Waals surface area (Å²) in [5.74, 6) is 0.566. The van der Waals surface area contributed by atoms with Gasteiger partial charge in [0.1, 0.15) is 5.75 Å². The minimum Gasteiger partial charge on any atom is -0.496 e. The summed E-state index contributed by atoms with van der Waals surface area (Å²) in [5, 5.41) is 0.399. The van der Waals surface area contributed by atoms with Crippen LogP contribution in [0, 0.1) is 0 Å². The number of nitrogens with two attached hydrogens (primary N) is 1. The number of likely N-dealkylation sites (tertiary alicyclic amines) is 1. The molecule has 1 saturated heterocycles. The number of nitrogen functional groups attached to an aromatic ring is 1. The van der Waals surface area contributed by atoms with Gasteiger partial charge in [-0.2, -0.15) is 0 Å². The SMILES string of the molecule is COc1cc(N)c(Cl)cc1C(=O)CCCCN1CCCC1.Cl. The van der Waals surface area contributed by atoms with Crippen molar-refractivity contribution >= 4 is 35.5 Å². The van der Waals surface area contributed by atoms with Crippen LogP contribution in [0.5, 0.6) is 5.75 Å². The lowest BCUT2D eigenvalue weighted by Crippen LogP contribution is -2.20. The second-order valence-electron chi connectivity index (χ2n) is 5.50. The minimum atomic E-state index is 0. The molecule has 2 rings (SSSR count). The van der Waals surface area contributed by atoms with Crippen LogP contribution in [0.3, 0.4) is 0 Å². The van der Waals surface area contributed by atoms with Gasteiger partial charge in [0.25, 0.3) is 0 Å². The number of nitrogens with zero attached hydrogens (tertiary/aromatic N) is 1. The van der Waals surface area contributed by atoms with Crippen LogP contribution in [0.25, 0.3) is 0 Å². The van der Waals surface area contributed by atoms with Gasteiger partial charge in [-0.3, -0.25) is 4.79 Å². The van der Waals surface area contributed by atoms with Crippen molar-refractivity contribution in [3.05, 3.63) is 22.7 Å². The van der Waals surface area contributed by atoms with Crippen LogP contribution in [0.4, 0.5) is 5.69 Å². The Balaban J connectivity index is 0.00000242. The van der Waals surface area contributed by atoms with Crippen LogP contribution < -0.4 is 10.5 Å². The first kappa shape index (κ1) is 19.1. The van der Waals surface area contributed by atoms with E-state index in [1.165, 1.54) is 33.0 Å². The molecule has 0 radical (unpaired) electrons. The van der Waals surface area contributed by atoms with Gasteiger partial charge in [0.05, 0.1) is 23.4 Å². The first-order valence-electron chi connectivity index (χ1n) is 7.50. The lowest BCUT2D eigenvalue weighted by molar-refractivity contribution is 0.0975. The number of methoxy groups -OCH3 is 1. The summed E-state index contributed by atoms with van der Waals surface area (Å²) in [6.07, 6.45) is 5.07. The van der Waals surface area contributed by atoms with Gasteiger partial charge >= 0.3 is 0 Å². The average Bonchev–Trinajstić information content (AvgIpc) is 2.99. The number of rotatable bonds is 7. The fourth-order valence-electron chi connectivity index (χ4n) is 2.72. The molecule has 0 spiro atoms. The number of carbonyl (C=O) groups is 1. The molecule has 0 aliphatic carbocycles. The number of Topliss-reactive ketones (excluding diaryl/α,β-unsaturated/α-hetero) is 1. The smallest absolute Gasteiger partial charge is 0.166 e. The van der Waals surface area contributed by atoms with Crippen LogP contribution >= 0.6 is 24.0 Å². The predicted octanol–water partition coefficient (Wildman–Crippen LogP) is 3.80. The largest absolute Gasteiger partial charge is 0.496 e. The van der Waals surface area contributed by atoms with E-state index in [2.05, 4.69) is 4.90 Å². The molecular formula is C16H24Cl2N2O2. The molecule has 2 N–H and O–H groups in total. The van der Waals surface area contributed by atoms with Gasteiger partial charge in [-0.1, -0.05) is 11.6 Å². The highest BCUT2D eigenvalue weighted by Gasteiger charge is 2.15. The first-order valence-corrected chi connectivity index (χ1v) is 7.88. The zero-order chi connectivity index (χ0) is 15.2. The van der Waals surface area contributed by atoms with Gasteiger partial charge in [0, 0.05) is 12.5 Å². The predicted molar refractivity (Wildman–Crippen MR) is 93.5 cm³/mol. The molecule has 0 saturated carbocycles. The molecular weight excluding hydrogens is 323 g/mol. The summed E-state index contributed by atoms with van der Waals surface area (Å²) in [5.41, 5.74) is 6.68. The number of ether oxygens (including phenoxy) is 1. The quantitative estimate of drug-likeness (QED) is 0.463. The molecule has 1 fully saturated rings. The third-order valence-electron chi connectivity index (χ3n) is 3.95. The molecule has 0 aromatic heterocycles. The van der Waals surface area contributed by atoms with Crippen molar-refractivity contribution in [2.75, 3.05) is 32.5 Å². The fraction of sp³-hybridized carbons (Fsp3) is 0.562. The first-order chi connectivity index (χ1) is 10.1. The maximum absolute atomic E-state index is 12.3. The van der Waals surface area contributed by atoms with E-state index in [-0.39, 0.29) is 18.2 Å². The van der Waals surface area contributed by atoms with Crippen molar-refractivity contribution in [1.29, 1.82) is 0 Å². The van der Waals surface area contributed by atoms with Crippen molar-refractivity contribution in [1.82, 2.24) is 4.90 Å². The van der Waals surface area contributed by atoms with Crippen LogP contribution in [0.2, 0.25) is 5.02 Å². The lowest BCUT2D eigenvalue weighted by Gasteiger charge is -2.14. The molecule has 0 amide bonds. The standard InChI is InChI=1S/C16H23ClN2O2.ClH/c1-21-16-11-14(18)13(17)10-12(16)15(20)6-2-3-7-19-8-4-5-9-19;/h10-11H,2-9,18H2,1H3;1H. The van der Waals surface area contributed by atoms with E-state index in [4.69, 9.17) is 22.1 Å². The summed E-state index contributed by atoms with van der Waals surface area (Å²) < 4.78 is 5.22. The molecule has 1 aromatic carbocycles. The van der Waals surface area contributed by atoms with Gasteiger partial charge in [-0.15, -0.1) is 12.4 Å². The van der Waals surface area contributed by atoms with Gasteiger partial charge in [0.15, 0.2) is 5.78 Å². The van der Waals surface area contributed by atoms with Gasteiger partial charge in [0.2, 0.25) is 0 Å². The van der Waals surface area contributed by atoms with E-state index in [0.717, 1.165) is 19.4 Å². The summed E-state index contributed by atoms with van der Waals surface area (Å²) in [6.45, 7) is 3.50. The Bertz CT molecular complexity index is 503. The Morgan fingerprint density at radius 2 is 2.00 bits per heavy atom. The number of anilines is 1. The van der Waals surface area contributed by atoms with E-state index in [1.54, 1.807) is 12.1 Å². The second-order valence-corrected chi connectivity index (χ2v) is 5.91. The molecule has 1 heterocycles. The molecule has 1 aliphatic heterocycles. The Morgan fingerprint density at radius 3 is 2.64 bits per heavy atom. The summed E-state index contributed by atoms with van der Waals surface area (Å²) in [7, 11) is 1.53. The van der Waals surface area contributed by atoms with Crippen LogP contribution in [-0.4, -0.2) is 37.4 Å². The van der Waals surface area contributed by atoms with Crippen molar-refractivity contribution in [3.63, 3.8) is 0 Å². The van der Waals surface area contributed by atoms with E-state index in [0.29, 0.717) is 28.4 Å². The van der Waals surface area contributed by atoms with Gasteiger partial charge < -0.3 is 15.4 Å². The van der Waals surface area contributed by atoms with Crippen LogP contribution in [0.1, 0.15) is 42.5 Å². The van der Waals surface area contributed by atoms with Crippen molar-refractivity contribution in [2.45, 2.75) is 32.1 Å². The molecule has 22 heavy (non-hydrogen) atoms. The number of benzene rings is 1. The Morgan fingerprint density at radius 1 is 1.32 bits per heavy atom. The topological polar surface area (TPSA) is 55.6 Å². The molecule has 0 unspecified atom stereocenters. The molecule has 0 bridgehead atoms. The lowest BCUT2D eigenvalue weighted by atomic mass is 10.0. The maximum atomic E-state index is 12.3. The zero-order valence-electron chi connectivity index (χ0n) is 12.9. The number of carbonyl (C=O) groups excluding carboxylic acids is 1. The van der Waals surface area contributed by atoms with Crippen LogP contribution in [0.15, 0.2) is 12.1 Å². The van der Waals surface area contributed by atoms with Gasteiger partial charge in [-0.05, 0) is 51.4 Å². The highest BCUT2D eigenvalue weighted by atomic mass is 35.5. The monoisotopic (exact) mass is 346 g/mol. The zero-order valence-corrected chi connectivity index (χ0v) is 14.5. The average molecular weight is 347 g/mol. The Labute approximate surface area is 143 Å². The van der Waals surface area contributed by atoms with E-state index >= 15 is 0 Å². The van der Waals surface area contributed by atoms with E-state index in [1.807, 2.05) is 0 Å². The van der Waals surface area contributed by atoms with E-state index < -0.39 is 0 Å². The number of hydrogen-bond acceptors (Lipinski definition) is 4. The van der Waals surface area contributed by atoms with Crippen LogP contribution in [-0.2, 0) is 0 Å². The number of unbranched alkanes of at least 4 members (excludes halogenated alkanes) is 1. The summed E-state index contributed by atoms with van der Waals surface area (Å²) in [4.78, 5) is 14.8. The highest BCUT2D eigenvalue weighted by molar-refractivity contribution is 6.33. The minimum absolute atomic E-state index is 0. The Kier molecular flexibility index (Phi) is 8.01. The van der Waals surface area contributed by atoms with Crippen molar-refractivity contribution < 1.29 is 9.53 Å². The second kappa shape index (κ2) is 9.23. The normalized spacial score (nSPS) is 14.6. The molecule has 1 aromatic rings. The van der Waals surface area contributed by atoms with Crippen molar-refractivity contribution in [3.8, 4) is 5.75 Å². The molecule has 0 atom stereocenters.